The summed E-state index contributed by atoms with van der Waals surface area (Å²) in [7, 11) is 0. The second-order valence-corrected chi connectivity index (χ2v) is 6.59. The molecule has 21 heavy (non-hydrogen) atoms. The molecule has 0 fully saturated rings. The molecular weight excluding hydrogens is 348 g/mol. The third-order valence-corrected chi connectivity index (χ3v) is 5.11. The summed E-state index contributed by atoms with van der Waals surface area (Å²) in [5.41, 5.74) is 11.8. The molecule has 1 atom stereocenters. The molecule has 0 aliphatic carbocycles. The topological polar surface area (TPSA) is 38.0 Å². The van der Waals surface area contributed by atoms with Gasteiger partial charge >= 0.3 is 0 Å². The summed E-state index contributed by atoms with van der Waals surface area (Å²) < 4.78 is 1.15. The van der Waals surface area contributed by atoms with Crippen molar-refractivity contribution in [2.75, 3.05) is 11.9 Å². The van der Waals surface area contributed by atoms with E-state index in [1.54, 1.807) is 0 Å². The zero-order valence-corrected chi connectivity index (χ0v) is 14.8. The SMILES string of the molecule is Cc1cc(Cl)ccc1C(CN)Nc1cc(C)c(Br)c(C)c1. The number of halogens is 2. The van der Waals surface area contributed by atoms with Crippen LogP contribution in [0, 0.1) is 20.8 Å². The molecule has 0 aliphatic rings. The first-order valence-electron chi connectivity index (χ1n) is 6.91. The largest absolute Gasteiger partial charge is 0.377 e. The third-order valence-electron chi connectivity index (χ3n) is 3.62. The van der Waals surface area contributed by atoms with Gasteiger partial charge in [-0.05, 0) is 67.3 Å². The first-order valence-corrected chi connectivity index (χ1v) is 8.09. The van der Waals surface area contributed by atoms with Gasteiger partial charge in [0.1, 0.15) is 0 Å². The maximum atomic E-state index is 6.03. The summed E-state index contributed by atoms with van der Waals surface area (Å²) in [4.78, 5) is 0. The zero-order chi connectivity index (χ0) is 15.6. The van der Waals surface area contributed by atoms with E-state index < -0.39 is 0 Å². The zero-order valence-electron chi connectivity index (χ0n) is 12.5. The van der Waals surface area contributed by atoms with Gasteiger partial charge in [-0.3, -0.25) is 0 Å². The molecule has 2 nitrogen and oxygen atoms in total. The standard InChI is InChI=1S/C17H20BrClN2/c1-10-6-13(19)4-5-15(10)16(9-20)21-14-7-11(2)17(18)12(3)8-14/h4-8,16,21H,9,20H2,1-3H3. The lowest BCUT2D eigenvalue weighted by Gasteiger charge is -2.22. The summed E-state index contributed by atoms with van der Waals surface area (Å²) in [5, 5.41) is 4.28. The van der Waals surface area contributed by atoms with Crippen LogP contribution >= 0.6 is 27.5 Å². The molecule has 2 rings (SSSR count). The van der Waals surface area contributed by atoms with Crippen LogP contribution in [-0.4, -0.2) is 6.54 Å². The molecule has 0 saturated heterocycles. The van der Waals surface area contributed by atoms with E-state index in [0.717, 1.165) is 20.7 Å². The van der Waals surface area contributed by atoms with Gasteiger partial charge in [0, 0.05) is 21.7 Å². The van der Waals surface area contributed by atoms with Crippen LogP contribution in [0.4, 0.5) is 5.69 Å². The van der Waals surface area contributed by atoms with Gasteiger partial charge in [-0.15, -0.1) is 0 Å². The molecule has 0 bridgehead atoms. The molecule has 0 heterocycles. The van der Waals surface area contributed by atoms with Crippen molar-refractivity contribution < 1.29 is 0 Å². The van der Waals surface area contributed by atoms with Crippen LogP contribution in [-0.2, 0) is 0 Å². The Kier molecular flexibility index (Phi) is 5.31. The average molecular weight is 368 g/mol. The minimum atomic E-state index is 0.0715. The Hall–Kier alpha value is -1.03. The van der Waals surface area contributed by atoms with Gasteiger partial charge < -0.3 is 11.1 Å². The van der Waals surface area contributed by atoms with Gasteiger partial charge in [-0.25, -0.2) is 0 Å². The smallest absolute Gasteiger partial charge is 0.0638 e. The fourth-order valence-electron chi connectivity index (χ4n) is 2.52. The van der Waals surface area contributed by atoms with E-state index >= 15 is 0 Å². The predicted molar refractivity (Wildman–Crippen MR) is 95.2 cm³/mol. The molecule has 0 spiro atoms. The molecular formula is C17H20BrClN2. The number of rotatable bonds is 4. The van der Waals surface area contributed by atoms with Crippen LogP contribution in [0.5, 0.6) is 0 Å². The normalized spacial score (nSPS) is 12.3. The van der Waals surface area contributed by atoms with Crippen molar-refractivity contribution in [2.24, 2.45) is 5.73 Å². The fourth-order valence-corrected chi connectivity index (χ4v) is 2.98. The number of benzene rings is 2. The number of hydrogen-bond acceptors (Lipinski definition) is 2. The monoisotopic (exact) mass is 366 g/mol. The summed E-state index contributed by atoms with van der Waals surface area (Å²) >= 11 is 9.62. The molecule has 2 aromatic carbocycles. The van der Waals surface area contributed by atoms with E-state index in [2.05, 4.69) is 54.2 Å². The minimum absolute atomic E-state index is 0.0715. The van der Waals surface area contributed by atoms with Crippen LogP contribution in [0.2, 0.25) is 5.02 Å². The summed E-state index contributed by atoms with van der Waals surface area (Å²) in [6.45, 7) is 6.76. The Morgan fingerprint density at radius 1 is 1.10 bits per heavy atom. The molecule has 112 valence electrons. The van der Waals surface area contributed by atoms with E-state index in [9.17, 15) is 0 Å². The Balaban J connectivity index is 2.31. The molecule has 3 N–H and O–H groups in total. The van der Waals surface area contributed by atoms with Crippen molar-refractivity contribution >= 4 is 33.2 Å². The quantitative estimate of drug-likeness (QED) is 0.785. The minimum Gasteiger partial charge on any atom is -0.377 e. The molecule has 0 aliphatic heterocycles. The van der Waals surface area contributed by atoms with Crippen molar-refractivity contribution in [3.63, 3.8) is 0 Å². The first kappa shape index (κ1) is 16.3. The number of nitrogens with one attached hydrogen (secondary N) is 1. The van der Waals surface area contributed by atoms with Crippen LogP contribution in [0.15, 0.2) is 34.8 Å². The van der Waals surface area contributed by atoms with Crippen LogP contribution in [0.1, 0.15) is 28.3 Å². The van der Waals surface area contributed by atoms with Crippen molar-refractivity contribution in [1.29, 1.82) is 0 Å². The third kappa shape index (κ3) is 3.79. The van der Waals surface area contributed by atoms with E-state index in [4.69, 9.17) is 17.3 Å². The van der Waals surface area contributed by atoms with Gasteiger partial charge in [-0.2, -0.15) is 0 Å². The van der Waals surface area contributed by atoms with E-state index in [0.29, 0.717) is 6.54 Å². The number of nitrogens with two attached hydrogens (primary N) is 1. The lowest BCUT2D eigenvalue weighted by molar-refractivity contribution is 0.783. The predicted octanol–water partition coefficient (Wildman–Crippen LogP) is 5.14. The van der Waals surface area contributed by atoms with Crippen molar-refractivity contribution in [2.45, 2.75) is 26.8 Å². The second-order valence-electron chi connectivity index (χ2n) is 5.36. The van der Waals surface area contributed by atoms with Crippen LogP contribution in [0.25, 0.3) is 0 Å². The molecule has 4 heteroatoms. The molecule has 1 unspecified atom stereocenters. The number of anilines is 1. The number of hydrogen-bond donors (Lipinski definition) is 2. The molecule has 0 saturated carbocycles. The molecule has 2 aromatic rings. The van der Waals surface area contributed by atoms with Crippen molar-refractivity contribution in [1.82, 2.24) is 0 Å². The van der Waals surface area contributed by atoms with E-state index in [1.807, 2.05) is 18.2 Å². The summed E-state index contributed by atoms with van der Waals surface area (Å²) in [6, 6.07) is 10.3. The lowest BCUT2D eigenvalue weighted by Crippen LogP contribution is -2.21. The molecule has 0 aromatic heterocycles. The molecule has 0 radical (unpaired) electrons. The van der Waals surface area contributed by atoms with Gasteiger partial charge in [0.05, 0.1) is 6.04 Å². The lowest BCUT2D eigenvalue weighted by atomic mass is 10.0. The maximum absolute atomic E-state index is 6.03. The molecule has 0 amide bonds. The Morgan fingerprint density at radius 3 is 2.24 bits per heavy atom. The highest BCUT2D eigenvalue weighted by Crippen LogP contribution is 2.28. The average Bonchev–Trinajstić information content (AvgIpc) is 2.42. The fraction of sp³-hybridized carbons (Fsp3) is 0.294. The maximum Gasteiger partial charge on any atom is 0.0638 e. The van der Waals surface area contributed by atoms with E-state index in [-0.39, 0.29) is 6.04 Å². The van der Waals surface area contributed by atoms with E-state index in [1.165, 1.54) is 16.7 Å². The highest BCUT2D eigenvalue weighted by atomic mass is 79.9. The van der Waals surface area contributed by atoms with Gasteiger partial charge in [-0.1, -0.05) is 33.6 Å². The Morgan fingerprint density at radius 2 is 1.71 bits per heavy atom. The highest BCUT2D eigenvalue weighted by Gasteiger charge is 2.13. The summed E-state index contributed by atoms with van der Waals surface area (Å²) in [5.74, 6) is 0. The van der Waals surface area contributed by atoms with Crippen LogP contribution in [0.3, 0.4) is 0 Å². The Bertz CT molecular complexity index is 632. The van der Waals surface area contributed by atoms with Crippen molar-refractivity contribution in [3.8, 4) is 0 Å². The van der Waals surface area contributed by atoms with Gasteiger partial charge in [0.2, 0.25) is 0 Å². The van der Waals surface area contributed by atoms with Gasteiger partial charge in [0.25, 0.3) is 0 Å². The van der Waals surface area contributed by atoms with Gasteiger partial charge in [0.15, 0.2) is 0 Å². The summed E-state index contributed by atoms with van der Waals surface area (Å²) in [6.07, 6.45) is 0. The first-order chi connectivity index (χ1) is 9.92. The van der Waals surface area contributed by atoms with Crippen LogP contribution < -0.4 is 11.1 Å². The van der Waals surface area contributed by atoms with Crippen molar-refractivity contribution in [3.05, 3.63) is 62.1 Å². The Labute approximate surface area is 139 Å². The number of aryl methyl sites for hydroxylation is 3. The highest BCUT2D eigenvalue weighted by molar-refractivity contribution is 9.10. The second kappa shape index (κ2) is 6.82.